The molecule has 2 heteroatoms. The molecule has 53 valence electrons. The van der Waals surface area contributed by atoms with Gasteiger partial charge < -0.3 is 0 Å². The van der Waals surface area contributed by atoms with Crippen LogP contribution in [0.25, 0.3) is 0 Å². The minimum Gasteiger partial charge on any atom is -0.258 e. The van der Waals surface area contributed by atoms with E-state index in [-0.39, 0.29) is 0 Å². The molecule has 0 saturated heterocycles. The van der Waals surface area contributed by atoms with Crippen molar-refractivity contribution in [1.82, 2.24) is 9.97 Å². The number of nitrogens with zero attached hydrogens (tertiary/aromatic N) is 2. The summed E-state index contributed by atoms with van der Waals surface area (Å²) in [5.41, 5.74) is 1.83. The van der Waals surface area contributed by atoms with Crippen LogP contribution in [0.4, 0.5) is 0 Å². The van der Waals surface area contributed by atoms with E-state index < -0.39 is 0 Å². The number of aromatic nitrogens is 2. The number of rotatable bonds is 2. The molecule has 1 heterocycles. The van der Waals surface area contributed by atoms with Gasteiger partial charge in [-0.2, -0.15) is 0 Å². The molecule has 1 radical (unpaired) electrons. The summed E-state index contributed by atoms with van der Waals surface area (Å²) in [6, 6.07) is 0. The summed E-state index contributed by atoms with van der Waals surface area (Å²) < 4.78 is 0. The Balaban J connectivity index is 2.81. The maximum Gasteiger partial charge on any atom is 0.0622 e. The SMILES string of the molecule is [CH2]c1nccnc1CCC. The summed E-state index contributed by atoms with van der Waals surface area (Å²) >= 11 is 0. The second kappa shape index (κ2) is 3.30. The highest BCUT2D eigenvalue weighted by Crippen LogP contribution is 2.01. The summed E-state index contributed by atoms with van der Waals surface area (Å²) in [7, 11) is 0. The van der Waals surface area contributed by atoms with Gasteiger partial charge in [-0.05, 0) is 13.3 Å². The molecule has 0 aliphatic rings. The van der Waals surface area contributed by atoms with Crippen molar-refractivity contribution >= 4 is 0 Å². The molecule has 0 aliphatic carbocycles. The summed E-state index contributed by atoms with van der Waals surface area (Å²) in [5, 5.41) is 0. The number of hydrogen-bond donors (Lipinski definition) is 0. The van der Waals surface area contributed by atoms with Gasteiger partial charge in [0.15, 0.2) is 0 Å². The first-order valence-electron chi connectivity index (χ1n) is 3.46. The third-order valence-corrected chi connectivity index (χ3v) is 1.35. The zero-order chi connectivity index (χ0) is 7.40. The Labute approximate surface area is 61.3 Å². The Hall–Kier alpha value is -0.920. The molecule has 2 nitrogen and oxygen atoms in total. The van der Waals surface area contributed by atoms with Crippen LogP contribution in [0.1, 0.15) is 24.7 Å². The third kappa shape index (κ3) is 1.53. The highest BCUT2D eigenvalue weighted by molar-refractivity contribution is 5.13. The van der Waals surface area contributed by atoms with Crippen molar-refractivity contribution in [2.75, 3.05) is 0 Å². The lowest BCUT2D eigenvalue weighted by atomic mass is 10.2. The van der Waals surface area contributed by atoms with E-state index in [0.29, 0.717) is 0 Å². The molecule has 0 unspecified atom stereocenters. The van der Waals surface area contributed by atoms with Crippen molar-refractivity contribution < 1.29 is 0 Å². The average molecular weight is 135 g/mol. The lowest BCUT2D eigenvalue weighted by Gasteiger charge is -1.98. The quantitative estimate of drug-likeness (QED) is 0.615. The van der Waals surface area contributed by atoms with E-state index in [1.54, 1.807) is 12.4 Å². The van der Waals surface area contributed by atoms with Gasteiger partial charge in [0.25, 0.3) is 0 Å². The molecule has 0 aliphatic heterocycles. The normalized spacial score (nSPS) is 9.80. The van der Waals surface area contributed by atoms with Crippen LogP contribution < -0.4 is 0 Å². The fourth-order valence-electron chi connectivity index (χ4n) is 0.841. The second-order valence-electron chi connectivity index (χ2n) is 2.20. The van der Waals surface area contributed by atoms with Gasteiger partial charge in [0.1, 0.15) is 0 Å². The Morgan fingerprint density at radius 1 is 1.40 bits per heavy atom. The molecule has 0 saturated carbocycles. The van der Waals surface area contributed by atoms with Gasteiger partial charge in [-0.1, -0.05) is 13.3 Å². The summed E-state index contributed by atoms with van der Waals surface area (Å²) in [4.78, 5) is 8.17. The lowest BCUT2D eigenvalue weighted by molar-refractivity contribution is 0.862. The van der Waals surface area contributed by atoms with Crippen molar-refractivity contribution in [2.45, 2.75) is 19.8 Å². The number of aryl methyl sites for hydroxylation is 1. The monoisotopic (exact) mass is 135 g/mol. The van der Waals surface area contributed by atoms with Gasteiger partial charge in [0.05, 0.1) is 11.4 Å². The van der Waals surface area contributed by atoms with Crippen molar-refractivity contribution in [3.63, 3.8) is 0 Å². The highest BCUT2D eigenvalue weighted by Gasteiger charge is 1.95. The molecule has 1 aromatic heterocycles. The fraction of sp³-hybridized carbons (Fsp3) is 0.375. The van der Waals surface area contributed by atoms with Crippen LogP contribution in [0.15, 0.2) is 12.4 Å². The van der Waals surface area contributed by atoms with Crippen LogP contribution >= 0.6 is 0 Å². The highest BCUT2D eigenvalue weighted by atomic mass is 14.8. The van der Waals surface area contributed by atoms with Gasteiger partial charge in [-0.25, -0.2) is 0 Å². The molecule has 0 spiro atoms. The molecule has 1 aromatic rings. The molecular formula is C8H11N2. The molecule has 0 atom stereocenters. The second-order valence-corrected chi connectivity index (χ2v) is 2.20. The summed E-state index contributed by atoms with van der Waals surface area (Å²) in [6.07, 6.45) is 5.45. The largest absolute Gasteiger partial charge is 0.258 e. The van der Waals surface area contributed by atoms with E-state index >= 15 is 0 Å². The first-order chi connectivity index (χ1) is 4.84. The van der Waals surface area contributed by atoms with Gasteiger partial charge in [0.2, 0.25) is 0 Å². The van der Waals surface area contributed by atoms with Crippen molar-refractivity contribution in [3.8, 4) is 0 Å². The van der Waals surface area contributed by atoms with Crippen molar-refractivity contribution in [2.24, 2.45) is 0 Å². The Morgan fingerprint density at radius 3 is 2.70 bits per heavy atom. The van der Waals surface area contributed by atoms with E-state index in [2.05, 4.69) is 23.8 Å². The van der Waals surface area contributed by atoms with Gasteiger partial charge in [0, 0.05) is 12.4 Å². The minimum atomic E-state index is 0.810. The smallest absolute Gasteiger partial charge is 0.0622 e. The third-order valence-electron chi connectivity index (χ3n) is 1.35. The van der Waals surface area contributed by atoms with Crippen LogP contribution in [-0.2, 0) is 6.42 Å². The maximum absolute atomic E-state index is 4.14. The maximum atomic E-state index is 4.14. The minimum absolute atomic E-state index is 0.810. The molecule has 10 heavy (non-hydrogen) atoms. The molecular weight excluding hydrogens is 124 g/mol. The van der Waals surface area contributed by atoms with Crippen molar-refractivity contribution in [1.29, 1.82) is 0 Å². The Morgan fingerprint density at radius 2 is 2.10 bits per heavy atom. The van der Waals surface area contributed by atoms with Crippen LogP contribution in [0, 0.1) is 6.92 Å². The van der Waals surface area contributed by atoms with E-state index in [9.17, 15) is 0 Å². The van der Waals surface area contributed by atoms with Crippen LogP contribution in [0.2, 0.25) is 0 Å². The van der Waals surface area contributed by atoms with E-state index in [1.165, 1.54) is 0 Å². The summed E-state index contributed by atoms with van der Waals surface area (Å²) in [6.45, 7) is 5.88. The topological polar surface area (TPSA) is 25.8 Å². The lowest BCUT2D eigenvalue weighted by Crippen LogP contribution is -1.94. The first-order valence-corrected chi connectivity index (χ1v) is 3.46. The van der Waals surface area contributed by atoms with Crippen molar-refractivity contribution in [3.05, 3.63) is 30.7 Å². The zero-order valence-electron chi connectivity index (χ0n) is 6.17. The fourth-order valence-corrected chi connectivity index (χ4v) is 0.841. The number of hydrogen-bond acceptors (Lipinski definition) is 2. The molecule has 1 rings (SSSR count). The standard InChI is InChI=1S/C8H11N2/c1-3-4-8-7(2)9-5-6-10-8/h5-6H,2-4H2,1H3. The predicted octanol–water partition coefficient (Wildman–Crippen LogP) is 1.61. The molecule has 0 fully saturated rings. The zero-order valence-corrected chi connectivity index (χ0v) is 6.17. The van der Waals surface area contributed by atoms with E-state index in [4.69, 9.17) is 0 Å². The van der Waals surface area contributed by atoms with Gasteiger partial charge in [-0.3, -0.25) is 9.97 Å². The molecule has 0 bridgehead atoms. The molecule has 0 amide bonds. The Bertz CT molecular complexity index is 208. The van der Waals surface area contributed by atoms with Crippen LogP contribution in [0.5, 0.6) is 0 Å². The van der Waals surface area contributed by atoms with Crippen LogP contribution in [0.3, 0.4) is 0 Å². The van der Waals surface area contributed by atoms with E-state index in [1.807, 2.05) is 0 Å². The van der Waals surface area contributed by atoms with Gasteiger partial charge >= 0.3 is 0 Å². The average Bonchev–Trinajstić information content (AvgIpc) is 1.94. The van der Waals surface area contributed by atoms with Gasteiger partial charge in [-0.15, -0.1) is 0 Å². The van der Waals surface area contributed by atoms with E-state index in [0.717, 1.165) is 24.2 Å². The first kappa shape index (κ1) is 7.19. The molecule has 0 N–H and O–H groups in total. The predicted molar refractivity (Wildman–Crippen MR) is 40.5 cm³/mol. The molecule has 0 aromatic carbocycles. The van der Waals surface area contributed by atoms with Crippen LogP contribution in [-0.4, -0.2) is 9.97 Å². The Kier molecular flexibility index (Phi) is 2.37. The summed E-state index contributed by atoms with van der Waals surface area (Å²) in [5.74, 6) is 0.